The largest absolute Gasteiger partial charge is 0.475 e. The summed E-state index contributed by atoms with van der Waals surface area (Å²) in [6.07, 6.45) is 1.08. The van der Waals surface area contributed by atoms with E-state index >= 15 is 0 Å². The summed E-state index contributed by atoms with van der Waals surface area (Å²) in [6, 6.07) is 20.2. The highest BCUT2D eigenvalue weighted by molar-refractivity contribution is 7.92. The molecule has 1 aromatic heterocycles. The van der Waals surface area contributed by atoms with Crippen molar-refractivity contribution in [2.45, 2.75) is 58.4 Å². The number of aryl methyl sites for hydroxylation is 2. The molecule has 47 heavy (non-hydrogen) atoms. The molecule has 0 unspecified atom stereocenters. The fraction of sp³-hybridized carbons (Fsp3) is 0.333. The molecule has 2 heterocycles. The van der Waals surface area contributed by atoms with Gasteiger partial charge in [-0.05, 0) is 79.1 Å². The van der Waals surface area contributed by atoms with E-state index in [0.717, 1.165) is 22.3 Å². The molecule has 1 amide bonds. The third kappa shape index (κ3) is 7.97. The molecule has 1 aliphatic rings. The fourth-order valence-electron chi connectivity index (χ4n) is 5.80. The number of nitrogens with zero attached hydrogens (tertiary/aromatic N) is 3. The van der Waals surface area contributed by atoms with Crippen molar-refractivity contribution in [2.24, 2.45) is 5.41 Å². The van der Waals surface area contributed by atoms with Crippen LogP contribution in [0.4, 0.5) is 5.95 Å². The van der Waals surface area contributed by atoms with Crippen molar-refractivity contribution in [1.29, 1.82) is 0 Å². The average molecular weight is 657 g/mol. The predicted molar refractivity (Wildman–Crippen MR) is 180 cm³/mol. The number of methoxy groups -OCH3 is 1. The van der Waals surface area contributed by atoms with Crippen molar-refractivity contribution in [1.82, 2.24) is 14.9 Å². The minimum absolute atomic E-state index is 0.0862. The first-order valence-electron chi connectivity index (χ1n) is 15.4. The lowest BCUT2D eigenvalue weighted by molar-refractivity contribution is 0.0540. The van der Waals surface area contributed by atoms with E-state index in [1.165, 1.54) is 19.2 Å². The topological polar surface area (TPSA) is 128 Å². The van der Waals surface area contributed by atoms with E-state index in [1.807, 2.05) is 44.2 Å². The molecule has 11 heteroatoms. The van der Waals surface area contributed by atoms with Crippen molar-refractivity contribution in [3.63, 3.8) is 0 Å². The highest BCUT2D eigenvalue weighted by Gasteiger charge is 2.31. The molecule has 0 saturated heterocycles. The molecular formula is C36H40N4O6S. The molecule has 10 nitrogen and oxygen atoms in total. The van der Waals surface area contributed by atoms with E-state index < -0.39 is 22.0 Å². The number of hydrogen-bond acceptors (Lipinski definition) is 8. The maximum Gasteiger partial charge on any atom is 0.337 e. The minimum Gasteiger partial charge on any atom is -0.475 e. The highest BCUT2D eigenvalue weighted by Crippen LogP contribution is 2.31. The van der Waals surface area contributed by atoms with Gasteiger partial charge in [-0.1, -0.05) is 57.2 Å². The Morgan fingerprint density at radius 1 is 1.00 bits per heavy atom. The number of aromatic nitrogens is 2. The number of rotatable bonds is 6. The lowest BCUT2D eigenvalue weighted by Gasteiger charge is -2.36. The number of nitrogens with one attached hydrogen (secondary N) is 1. The number of benzene rings is 3. The summed E-state index contributed by atoms with van der Waals surface area (Å²) in [6.45, 7) is 10.7. The Bertz CT molecular complexity index is 1880. The van der Waals surface area contributed by atoms with Crippen molar-refractivity contribution in [3.8, 4) is 17.1 Å². The summed E-state index contributed by atoms with van der Waals surface area (Å²) in [7, 11) is -2.83. The van der Waals surface area contributed by atoms with Crippen LogP contribution < -0.4 is 9.46 Å². The Balaban J connectivity index is 1.60. The normalized spacial score (nSPS) is 16.2. The number of esters is 1. The van der Waals surface area contributed by atoms with Crippen molar-refractivity contribution < 1.29 is 27.5 Å². The standard InChI is InChI=1S/C36H40N4O6S/c1-23-9-7-10-24(2)32(23)30-20-31-38-35(37-30)39-47(43,44)29-12-8-11-27(19-29)33(41)40(28(22-46-31)21-36(3,4)5)18-17-25-13-15-26(16-14-25)34(42)45-6/h7-16,19-20,28H,17-18,21-22H2,1-6H3,(H,37,38,39)/t28-/m1/s1. The molecule has 0 radical (unpaired) electrons. The van der Waals surface area contributed by atoms with E-state index in [2.05, 4.69) is 35.5 Å². The molecule has 4 bridgehead atoms. The SMILES string of the molecule is COC(=O)c1ccc(CCN2C(=O)c3cccc(c3)S(=O)(=O)Nc3nc(cc(-c4c(C)cccc4C)n3)OC[C@H]2CC(C)(C)C)cc1. The van der Waals surface area contributed by atoms with Crippen LogP contribution in [0.15, 0.2) is 77.7 Å². The molecule has 0 saturated carbocycles. The second-order valence-corrected chi connectivity index (χ2v) is 14.7. The quantitative estimate of drug-likeness (QED) is 0.242. The summed E-state index contributed by atoms with van der Waals surface area (Å²) < 4.78 is 40.9. The minimum atomic E-state index is -4.17. The maximum atomic E-state index is 14.3. The second-order valence-electron chi connectivity index (χ2n) is 13.0. The first kappa shape index (κ1) is 33.6. The van der Waals surface area contributed by atoms with Crippen LogP contribution in [0.1, 0.15) is 64.6 Å². The Morgan fingerprint density at radius 3 is 2.34 bits per heavy atom. The van der Waals surface area contributed by atoms with Crippen molar-refractivity contribution >= 4 is 27.8 Å². The lowest BCUT2D eigenvalue weighted by Crippen LogP contribution is -2.46. The van der Waals surface area contributed by atoms with Crippen LogP contribution in [0.2, 0.25) is 0 Å². The van der Waals surface area contributed by atoms with Crippen LogP contribution in [0.5, 0.6) is 5.88 Å². The van der Waals surface area contributed by atoms with E-state index in [9.17, 15) is 18.0 Å². The number of carbonyl (C=O) groups is 2. The summed E-state index contributed by atoms with van der Waals surface area (Å²) in [5.74, 6) is -0.688. The van der Waals surface area contributed by atoms with Crippen LogP contribution in [-0.2, 0) is 21.2 Å². The van der Waals surface area contributed by atoms with Crippen LogP contribution in [0, 0.1) is 19.3 Å². The molecule has 0 aliphatic carbocycles. The zero-order valence-corrected chi connectivity index (χ0v) is 28.3. The van der Waals surface area contributed by atoms with Gasteiger partial charge in [0.25, 0.3) is 15.9 Å². The van der Waals surface area contributed by atoms with E-state index in [0.29, 0.717) is 30.6 Å². The zero-order chi connectivity index (χ0) is 33.9. The van der Waals surface area contributed by atoms with Gasteiger partial charge < -0.3 is 14.4 Å². The molecule has 246 valence electrons. The van der Waals surface area contributed by atoms with Crippen LogP contribution in [0.25, 0.3) is 11.3 Å². The van der Waals surface area contributed by atoms with E-state index in [-0.39, 0.29) is 40.2 Å². The molecule has 1 aliphatic heterocycles. The molecular weight excluding hydrogens is 616 g/mol. The first-order chi connectivity index (χ1) is 22.2. The third-order valence-electron chi connectivity index (χ3n) is 8.05. The van der Waals surface area contributed by atoms with Gasteiger partial charge in [-0.25, -0.2) is 22.9 Å². The fourth-order valence-corrected chi connectivity index (χ4v) is 6.79. The molecule has 0 fully saturated rings. The summed E-state index contributed by atoms with van der Waals surface area (Å²) >= 11 is 0. The molecule has 1 atom stereocenters. The Hall–Kier alpha value is -4.77. The predicted octanol–water partition coefficient (Wildman–Crippen LogP) is 6.23. The molecule has 5 rings (SSSR count). The lowest BCUT2D eigenvalue weighted by atomic mass is 9.87. The van der Waals surface area contributed by atoms with E-state index in [1.54, 1.807) is 35.2 Å². The highest BCUT2D eigenvalue weighted by atomic mass is 32.2. The van der Waals surface area contributed by atoms with Crippen molar-refractivity contribution in [2.75, 3.05) is 25.0 Å². The van der Waals surface area contributed by atoms with Crippen LogP contribution in [-0.4, -0.2) is 61.5 Å². The third-order valence-corrected chi connectivity index (χ3v) is 9.37. The summed E-state index contributed by atoms with van der Waals surface area (Å²) in [5.41, 5.74) is 4.71. The smallest absolute Gasteiger partial charge is 0.337 e. The number of anilines is 1. The molecule has 3 aromatic carbocycles. The Labute approximate surface area is 276 Å². The van der Waals surface area contributed by atoms with Crippen molar-refractivity contribution in [3.05, 3.63) is 101 Å². The number of hydrogen-bond donors (Lipinski definition) is 1. The molecule has 1 N–H and O–H groups in total. The van der Waals surface area contributed by atoms with Gasteiger partial charge in [0.15, 0.2) is 0 Å². The van der Waals surface area contributed by atoms with Gasteiger partial charge in [-0.15, -0.1) is 0 Å². The van der Waals surface area contributed by atoms with Gasteiger partial charge in [-0.3, -0.25) is 4.79 Å². The molecule has 4 aromatic rings. The Kier molecular flexibility index (Phi) is 9.67. The summed E-state index contributed by atoms with van der Waals surface area (Å²) in [4.78, 5) is 36.9. The maximum absolute atomic E-state index is 14.3. The van der Waals surface area contributed by atoms with Crippen LogP contribution >= 0.6 is 0 Å². The Morgan fingerprint density at radius 2 is 1.68 bits per heavy atom. The van der Waals surface area contributed by atoms with Gasteiger partial charge in [-0.2, -0.15) is 4.98 Å². The number of carbonyl (C=O) groups excluding carboxylic acids is 2. The first-order valence-corrected chi connectivity index (χ1v) is 16.9. The van der Waals surface area contributed by atoms with Gasteiger partial charge in [0.05, 0.1) is 29.3 Å². The van der Waals surface area contributed by atoms with Gasteiger partial charge >= 0.3 is 5.97 Å². The van der Waals surface area contributed by atoms with Gasteiger partial charge in [0, 0.05) is 23.7 Å². The summed E-state index contributed by atoms with van der Waals surface area (Å²) in [5, 5.41) is 0. The second kappa shape index (κ2) is 13.5. The monoisotopic (exact) mass is 656 g/mol. The number of amides is 1. The number of sulfonamides is 1. The number of fused-ring (bicyclic) bond motifs is 4. The van der Waals surface area contributed by atoms with E-state index in [4.69, 9.17) is 9.47 Å². The van der Waals surface area contributed by atoms with Crippen LogP contribution in [0.3, 0.4) is 0 Å². The van der Waals surface area contributed by atoms with Gasteiger partial charge in [0.2, 0.25) is 11.8 Å². The van der Waals surface area contributed by atoms with Gasteiger partial charge in [0.1, 0.15) is 6.61 Å². The number of ether oxygens (including phenoxy) is 2. The zero-order valence-electron chi connectivity index (χ0n) is 27.5. The molecule has 0 spiro atoms. The average Bonchev–Trinajstić information content (AvgIpc) is 3.02.